The highest BCUT2D eigenvalue weighted by Crippen LogP contribution is 2.08. The molecule has 0 aromatic rings. The molecule has 0 radical (unpaired) electrons. The number of carboxylic acid groups (broad SMARTS) is 1. The van der Waals surface area contributed by atoms with Crippen LogP contribution in [0.3, 0.4) is 0 Å². The topological polar surface area (TPSA) is 95.9 Å². The lowest BCUT2D eigenvalue weighted by atomic mass is 9.99. The highest BCUT2D eigenvalue weighted by atomic mass is 16.5. The highest BCUT2D eigenvalue weighted by Gasteiger charge is 2.26. The summed E-state index contributed by atoms with van der Waals surface area (Å²) in [5.74, 6) is -1.66. The van der Waals surface area contributed by atoms with Crippen molar-refractivity contribution < 1.29 is 24.2 Å². The van der Waals surface area contributed by atoms with Crippen molar-refractivity contribution in [2.75, 3.05) is 20.7 Å². The number of methoxy groups -OCH3 is 1. The molecule has 0 bridgehead atoms. The Morgan fingerprint density at radius 2 is 1.95 bits per heavy atom. The Morgan fingerprint density at radius 1 is 1.37 bits per heavy atom. The number of esters is 1. The Bertz CT molecular complexity index is 332. The zero-order valence-corrected chi connectivity index (χ0v) is 11.8. The van der Waals surface area contributed by atoms with Crippen LogP contribution >= 0.6 is 0 Å². The maximum absolute atomic E-state index is 11.8. The molecule has 1 unspecified atom stereocenters. The molecular weight excluding hydrogens is 252 g/mol. The minimum atomic E-state index is -1.07. The van der Waals surface area contributed by atoms with Crippen LogP contribution in [0.5, 0.6) is 0 Å². The zero-order valence-electron chi connectivity index (χ0n) is 11.8. The van der Waals surface area contributed by atoms with Crippen molar-refractivity contribution in [2.24, 2.45) is 5.92 Å². The van der Waals surface area contributed by atoms with E-state index in [-0.39, 0.29) is 18.9 Å². The van der Waals surface area contributed by atoms with Gasteiger partial charge in [-0.15, -0.1) is 0 Å². The second-order valence-corrected chi connectivity index (χ2v) is 4.40. The van der Waals surface area contributed by atoms with Crippen LogP contribution in [-0.4, -0.2) is 54.7 Å². The second-order valence-electron chi connectivity index (χ2n) is 4.40. The predicted octanol–water partition coefficient (Wildman–Crippen LogP) is 0.690. The average Bonchev–Trinajstić information content (AvgIpc) is 2.39. The Morgan fingerprint density at radius 3 is 2.37 bits per heavy atom. The van der Waals surface area contributed by atoms with Crippen LogP contribution in [0.1, 0.15) is 26.7 Å². The summed E-state index contributed by atoms with van der Waals surface area (Å²) in [5, 5.41) is 11.5. The van der Waals surface area contributed by atoms with Gasteiger partial charge in [-0.2, -0.15) is 0 Å². The fraction of sp³-hybridized carbons (Fsp3) is 0.750. The summed E-state index contributed by atoms with van der Waals surface area (Å²) < 4.78 is 4.46. The molecule has 0 heterocycles. The predicted molar refractivity (Wildman–Crippen MR) is 68.7 cm³/mol. The summed E-state index contributed by atoms with van der Waals surface area (Å²) in [5.41, 5.74) is 0. The van der Waals surface area contributed by atoms with E-state index in [0.717, 1.165) is 0 Å². The maximum Gasteiger partial charge on any atom is 0.326 e. The van der Waals surface area contributed by atoms with Crippen molar-refractivity contribution in [3.05, 3.63) is 0 Å². The van der Waals surface area contributed by atoms with Crippen molar-refractivity contribution >= 4 is 18.0 Å². The van der Waals surface area contributed by atoms with Gasteiger partial charge in [0.25, 0.3) is 0 Å². The minimum Gasteiger partial charge on any atom is -0.480 e. The number of nitrogens with one attached hydrogen (secondary N) is 1. The molecule has 0 aliphatic rings. The molecule has 7 heteroatoms. The van der Waals surface area contributed by atoms with E-state index in [0.29, 0.717) is 6.42 Å². The molecule has 0 aromatic carbocycles. The summed E-state index contributed by atoms with van der Waals surface area (Å²) in [7, 11) is 2.76. The second kappa shape index (κ2) is 8.34. The molecule has 0 aliphatic carbocycles. The van der Waals surface area contributed by atoms with Crippen LogP contribution in [0.4, 0.5) is 4.79 Å². The largest absolute Gasteiger partial charge is 0.480 e. The smallest absolute Gasteiger partial charge is 0.326 e. The number of hydrogen-bond acceptors (Lipinski definition) is 4. The fourth-order valence-electron chi connectivity index (χ4n) is 1.39. The number of amides is 2. The van der Waals surface area contributed by atoms with Crippen LogP contribution < -0.4 is 5.32 Å². The first kappa shape index (κ1) is 17.2. The Kier molecular flexibility index (Phi) is 7.55. The molecule has 2 amide bonds. The van der Waals surface area contributed by atoms with E-state index in [2.05, 4.69) is 10.1 Å². The first-order valence-electron chi connectivity index (χ1n) is 6.14. The average molecular weight is 274 g/mol. The molecule has 0 spiro atoms. The van der Waals surface area contributed by atoms with Crippen molar-refractivity contribution in [3.63, 3.8) is 0 Å². The highest BCUT2D eigenvalue weighted by molar-refractivity contribution is 5.83. The van der Waals surface area contributed by atoms with Crippen LogP contribution in [0.2, 0.25) is 0 Å². The third kappa shape index (κ3) is 6.08. The summed E-state index contributed by atoms with van der Waals surface area (Å²) in [4.78, 5) is 35.0. The molecule has 0 rings (SSSR count). The van der Waals surface area contributed by atoms with Gasteiger partial charge in [0.2, 0.25) is 0 Å². The van der Waals surface area contributed by atoms with Gasteiger partial charge in [-0.05, 0) is 5.92 Å². The molecule has 2 atom stereocenters. The van der Waals surface area contributed by atoms with Gasteiger partial charge in [0.05, 0.1) is 13.5 Å². The number of aliphatic carboxylic acids is 1. The van der Waals surface area contributed by atoms with Gasteiger partial charge in [-0.3, -0.25) is 4.79 Å². The molecule has 0 aromatic heterocycles. The minimum absolute atomic E-state index is 0.0709. The third-order valence-electron chi connectivity index (χ3n) is 2.98. The normalized spacial score (nSPS) is 13.3. The molecule has 0 saturated heterocycles. The zero-order chi connectivity index (χ0) is 15.0. The summed E-state index contributed by atoms with van der Waals surface area (Å²) in [6.07, 6.45) is 0.713. The molecule has 7 nitrogen and oxygen atoms in total. The maximum atomic E-state index is 11.8. The molecule has 0 fully saturated rings. The number of carbonyl (C=O) groups excluding carboxylic acids is 2. The number of nitrogens with zero attached hydrogens (tertiary/aromatic N) is 1. The lowest BCUT2D eigenvalue weighted by Crippen LogP contribution is -2.49. The van der Waals surface area contributed by atoms with Crippen LogP contribution in [-0.2, 0) is 14.3 Å². The third-order valence-corrected chi connectivity index (χ3v) is 2.98. The molecular formula is C12H22N2O5. The molecule has 2 N–H and O–H groups in total. The van der Waals surface area contributed by atoms with Crippen molar-refractivity contribution in [1.29, 1.82) is 0 Å². The van der Waals surface area contributed by atoms with Gasteiger partial charge in [-0.1, -0.05) is 20.3 Å². The fourth-order valence-corrected chi connectivity index (χ4v) is 1.39. The summed E-state index contributed by atoms with van der Waals surface area (Å²) in [6.45, 7) is 3.78. The van der Waals surface area contributed by atoms with Gasteiger partial charge in [0, 0.05) is 13.6 Å². The number of urea groups is 1. The lowest BCUT2D eigenvalue weighted by Gasteiger charge is -2.24. The number of ether oxygens (including phenoxy) is 1. The molecule has 19 heavy (non-hydrogen) atoms. The van der Waals surface area contributed by atoms with Crippen LogP contribution in [0.25, 0.3) is 0 Å². The van der Waals surface area contributed by atoms with Crippen molar-refractivity contribution in [3.8, 4) is 0 Å². The van der Waals surface area contributed by atoms with E-state index in [1.807, 2.05) is 6.92 Å². The van der Waals surface area contributed by atoms with Gasteiger partial charge < -0.3 is 20.1 Å². The molecule has 0 aliphatic heterocycles. The number of carboxylic acids is 1. The Balaban J connectivity index is 4.39. The standard InChI is InChI=1S/C12H22N2O5/c1-5-8(2)10(11(16)17)13-12(18)14(3)7-6-9(15)19-4/h8,10H,5-7H2,1-4H3,(H,13,18)(H,16,17)/t8?,10-/m0/s1. The van der Waals surface area contributed by atoms with Gasteiger partial charge in [-0.25, -0.2) is 9.59 Å². The van der Waals surface area contributed by atoms with Gasteiger partial charge in [0.1, 0.15) is 6.04 Å². The SMILES string of the molecule is CCC(C)[C@H](NC(=O)N(C)CCC(=O)OC)C(=O)O. The van der Waals surface area contributed by atoms with E-state index >= 15 is 0 Å². The first-order chi connectivity index (χ1) is 8.83. The van der Waals surface area contributed by atoms with Crippen molar-refractivity contribution in [1.82, 2.24) is 10.2 Å². The molecule has 110 valence electrons. The number of rotatable bonds is 7. The Labute approximate surface area is 112 Å². The first-order valence-corrected chi connectivity index (χ1v) is 6.14. The van der Waals surface area contributed by atoms with Crippen LogP contribution in [0.15, 0.2) is 0 Å². The van der Waals surface area contributed by atoms with Crippen molar-refractivity contribution in [2.45, 2.75) is 32.7 Å². The van der Waals surface area contributed by atoms with E-state index < -0.39 is 24.0 Å². The van der Waals surface area contributed by atoms with Gasteiger partial charge in [0.15, 0.2) is 0 Å². The van der Waals surface area contributed by atoms with Crippen LogP contribution in [0, 0.1) is 5.92 Å². The van der Waals surface area contributed by atoms with Gasteiger partial charge >= 0.3 is 18.0 Å². The van der Waals surface area contributed by atoms with E-state index in [1.54, 1.807) is 6.92 Å². The molecule has 0 saturated carbocycles. The van der Waals surface area contributed by atoms with E-state index in [1.165, 1.54) is 19.1 Å². The lowest BCUT2D eigenvalue weighted by molar-refractivity contribution is -0.141. The summed E-state index contributed by atoms with van der Waals surface area (Å²) in [6, 6.07) is -1.45. The number of hydrogen-bond donors (Lipinski definition) is 2. The monoisotopic (exact) mass is 274 g/mol. The Hall–Kier alpha value is -1.79. The number of carbonyl (C=O) groups is 3. The summed E-state index contributed by atoms with van der Waals surface area (Å²) >= 11 is 0. The van der Waals surface area contributed by atoms with E-state index in [4.69, 9.17) is 5.11 Å². The van der Waals surface area contributed by atoms with E-state index in [9.17, 15) is 14.4 Å². The quantitative estimate of drug-likeness (QED) is 0.666.